The number of benzene rings is 1. The highest BCUT2D eigenvalue weighted by Gasteiger charge is 2.05. The van der Waals surface area contributed by atoms with Crippen molar-refractivity contribution in [2.24, 2.45) is 4.99 Å². The molecule has 0 aliphatic rings. The van der Waals surface area contributed by atoms with E-state index in [4.69, 9.17) is 11.6 Å². The smallest absolute Gasteiger partial charge is 0.333 e. The number of methoxy groups -OCH3 is 1. The van der Waals surface area contributed by atoms with Crippen molar-refractivity contribution < 1.29 is 9.53 Å². The fourth-order valence-electron chi connectivity index (χ4n) is 1.22. The van der Waals surface area contributed by atoms with Crippen LogP contribution < -0.4 is 0 Å². The van der Waals surface area contributed by atoms with E-state index in [9.17, 15) is 4.79 Å². The molecule has 0 saturated heterocycles. The monoisotopic (exact) mass is 267 g/mol. The zero-order valence-electron chi connectivity index (χ0n) is 9.36. The van der Waals surface area contributed by atoms with Crippen molar-refractivity contribution in [3.63, 3.8) is 0 Å². The average molecular weight is 268 g/mol. The molecule has 0 N–H and O–H groups in total. The largest absolute Gasteiger partial charge is 0.466 e. The van der Waals surface area contributed by atoms with E-state index in [0.29, 0.717) is 21.8 Å². The summed E-state index contributed by atoms with van der Waals surface area (Å²) < 4.78 is 4.60. The zero-order chi connectivity index (χ0) is 12.8. The first-order valence-electron chi connectivity index (χ1n) is 4.72. The predicted molar refractivity (Wildman–Crippen MR) is 71.8 cm³/mol. The van der Waals surface area contributed by atoms with Gasteiger partial charge in [-0.2, -0.15) is 4.99 Å². The first-order chi connectivity index (χ1) is 8.08. The molecule has 0 bridgehead atoms. The van der Waals surface area contributed by atoms with E-state index in [1.807, 2.05) is 0 Å². The molecule has 0 aromatic heterocycles. The summed E-state index contributed by atoms with van der Waals surface area (Å²) in [5, 5.41) is 2.80. The van der Waals surface area contributed by atoms with Crippen LogP contribution in [0.25, 0.3) is 6.08 Å². The van der Waals surface area contributed by atoms with Gasteiger partial charge in [-0.25, -0.2) is 4.79 Å². The van der Waals surface area contributed by atoms with Crippen LogP contribution in [0.4, 0.5) is 5.69 Å². The molecule has 3 nitrogen and oxygen atoms in total. The van der Waals surface area contributed by atoms with Crippen LogP contribution in [0.3, 0.4) is 0 Å². The van der Waals surface area contributed by atoms with Crippen LogP contribution in [0.5, 0.6) is 0 Å². The molecule has 17 heavy (non-hydrogen) atoms. The van der Waals surface area contributed by atoms with E-state index in [2.05, 4.69) is 27.1 Å². The zero-order valence-corrected chi connectivity index (χ0v) is 10.9. The number of hydrogen-bond acceptors (Lipinski definition) is 4. The van der Waals surface area contributed by atoms with Gasteiger partial charge in [-0.3, -0.25) is 0 Å². The van der Waals surface area contributed by atoms with Crippen LogP contribution in [0.1, 0.15) is 12.5 Å². The predicted octanol–water partition coefficient (Wildman–Crippen LogP) is 3.65. The van der Waals surface area contributed by atoms with Crippen molar-refractivity contribution >= 4 is 46.7 Å². The maximum absolute atomic E-state index is 11.3. The Hall–Kier alpha value is -1.48. The molecule has 1 rings (SSSR count). The van der Waals surface area contributed by atoms with Crippen molar-refractivity contribution in [2.45, 2.75) is 6.92 Å². The van der Waals surface area contributed by atoms with Crippen molar-refractivity contribution in [1.29, 1.82) is 0 Å². The number of aliphatic imine (C=N–C) groups is 1. The number of thiocarbonyl (C=S) groups is 1. The molecule has 1 aromatic carbocycles. The molecule has 1 aromatic rings. The lowest BCUT2D eigenvalue weighted by molar-refractivity contribution is -0.135. The highest BCUT2D eigenvalue weighted by Crippen LogP contribution is 2.24. The van der Waals surface area contributed by atoms with Gasteiger partial charge in [0.15, 0.2) is 0 Å². The number of esters is 1. The lowest BCUT2D eigenvalue weighted by Gasteiger charge is -2.02. The van der Waals surface area contributed by atoms with Crippen molar-refractivity contribution in [1.82, 2.24) is 0 Å². The van der Waals surface area contributed by atoms with Crippen molar-refractivity contribution in [2.75, 3.05) is 7.11 Å². The summed E-state index contributed by atoms with van der Waals surface area (Å²) in [7, 11) is 1.33. The Labute approximate surface area is 110 Å². The van der Waals surface area contributed by atoms with Crippen LogP contribution in [0.15, 0.2) is 28.8 Å². The molecule has 0 fully saturated rings. The minimum atomic E-state index is -0.398. The van der Waals surface area contributed by atoms with Crippen LogP contribution >= 0.6 is 23.8 Å². The molecule has 0 amide bonds. The van der Waals surface area contributed by atoms with E-state index in [1.165, 1.54) is 7.11 Å². The number of nitrogens with zero attached hydrogens (tertiary/aromatic N) is 1. The second-order valence-electron chi connectivity index (χ2n) is 3.23. The highest BCUT2D eigenvalue weighted by atomic mass is 35.5. The second kappa shape index (κ2) is 6.30. The molecule has 0 spiro atoms. The summed E-state index contributed by atoms with van der Waals surface area (Å²) in [4.78, 5) is 15.1. The summed E-state index contributed by atoms with van der Waals surface area (Å²) in [5.41, 5.74) is 1.77. The van der Waals surface area contributed by atoms with Gasteiger partial charge in [-0.15, -0.1) is 0 Å². The topological polar surface area (TPSA) is 38.7 Å². The lowest BCUT2D eigenvalue weighted by atomic mass is 10.1. The maximum atomic E-state index is 11.3. The Balaban J connectivity index is 3.17. The number of carbonyl (C=O) groups is 1. The van der Waals surface area contributed by atoms with Gasteiger partial charge in [0.25, 0.3) is 0 Å². The van der Waals surface area contributed by atoms with Crippen LogP contribution in [0.2, 0.25) is 5.02 Å². The molecule has 0 aliphatic carbocycles. The minimum absolute atomic E-state index is 0.398. The van der Waals surface area contributed by atoms with Gasteiger partial charge >= 0.3 is 5.97 Å². The molecule has 0 radical (unpaired) electrons. The molecule has 0 heterocycles. The normalized spacial score (nSPS) is 10.6. The third kappa shape index (κ3) is 3.79. The molecular weight excluding hydrogens is 258 g/mol. The number of hydrogen-bond donors (Lipinski definition) is 0. The van der Waals surface area contributed by atoms with Crippen LogP contribution in [0, 0.1) is 0 Å². The number of rotatable bonds is 3. The van der Waals surface area contributed by atoms with Gasteiger partial charge in [-0.05, 0) is 49.0 Å². The summed E-state index contributed by atoms with van der Waals surface area (Å²) in [6.07, 6.45) is 1.64. The third-order valence-corrected chi connectivity index (χ3v) is 2.47. The Morgan fingerprint density at radius 1 is 1.59 bits per heavy atom. The van der Waals surface area contributed by atoms with Gasteiger partial charge < -0.3 is 4.74 Å². The molecule has 0 saturated carbocycles. The summed E-state index contributed by atoms with van der Waals surface area (Å²) in [5.74, 6) is -0.398. The van der Waals surface area contributed by atoms with Gasteiger partial charge in [0.1, 0.15) is 0 Å². The highest BCUT2D eigenvalue weighted by molar-refractivity contribution is 7.78. The van der Waals surface area contributed by atoms with E-state index in [-0.39, 0.29) is 0 Å². The van der Waals surface area contributed by atoms with Gasteiger partial charge in [0.2, 0.25) is 0 Å². The summed E-state index contributed by atoms with van der Waals surface area (Å²) >= 11 is 10.5. The lowest BCUT2D eigenvalue weighted by Crippen LogP contribution is -2.01. The van der Waals surface area contributed by atoms with Crippen LogP contribution in [-0.2, 0) is 9.53 Å². The van der Waals surface area contributed by atoms with Crippen molar-refractivity contribution in [3.8, 4) is 0 Å². The van der Waals surface area contributed by atoms with Gasteiger partial charge in [-0.1, -0.05) is 11.6 Å². The fourth-order valence-corrected chi connectivity index (χ4v) is 1.49. The standard InChI is InChI=1S/C12H10ClNO2S/c1-8(12(15)16-2)5-9-6-10(14-7-17)3-4-11(9)13/h3-6H,1-2H3/b8-5+. The molecular formula is C12H10ClNO2S. The van der Waals surface area contributed by atoms with Crippen LogP contribution in [-0.4, -0.2) is 18.2 Å². The van der Waals surface area contributed by atoms with Gasteiger partial charge in [0.05, 0.1) is 18.0 Å². The molecule has 0 unspecified atom stereocenters. The Kier molecular flexibility index (Phi) is 5.04. The quantitative estimate of drug-likeness (QED) is 0.363. The fraction of sp³-hybridized carbons (Fsp3) is 0.167. The number of carbonyl (C=O) groups excluding carboxylic acids is 1. The summed E-state index contributed by atoms with van der Waals surface area (Å²) in [6.45, 7) is 1.65. The van der Waals surface area contributed by atoms with E-state index >= 15 is 0 Å². The Morgan fingerprint density at radius 2 is 2.29 bits per heavy atom. The molecule has 5 heteroatoms. The minimum Gasteiger partial charge on any atom is -0.466 e. The SMILES string of the molecule is COC(=O)/C(C)=C/c1cc(N=C=S)ccc1Cl. The third-order valence-electron chi connectivity index (χ3n) is 2.03. The maximum Gasteiger partial charge on any atom is 0.333 e. The Morgan fingerprint density at radius 3 is 2.88 bits per heavy atom. The second-order valence-corrected chi connectivity index (χ2v) is 3.82. The molecule has 0 atom stereocenters. The van der Waals surface area contributed by atoms with E-state index < -0.39 is 5.97 Å². The molecule has 88 valence electrons. The first-order valence-corrected chi connectivity index (χ1v) is 5.51. The first kappa shape index (κ1) is 13.6. The number of isothiocyanates is 1. The van der Waals surface area contributed by atoms with E-state index in [1.54, 1.807) is 31.2 Å². The number of halogens is 1. The molecule has 0 aliphatic heterocycles. The average Bonchev–Trinajstić information content (AvgIpc) is 2.32. The number of ether oxygens (including phenoxy) is 1. The Bertz CT molecular complexity index is 519. The van der Waals surface area contributed by atoms with E-state index in [0.717, 1.165) is 0 Å². The summed E-state index contributed by atoms with van der Waals surface area (Å²) in [6, 6.07) is 5.12. The van der Waals surface area contributed by atoms with Crippen molar-refractivity contribution in [3.05, 3.63) is 34.4 Å². The van der Waals surface area contributed by atoms with Gasteiger partial charge in [0, 0.05) is 10.6 Å².